The number of fused-ring (bicyclic) bond motifs is 1. The van der Waals surface area contributed by atoms with E-state index in [1.807, 2.05) is 19.9 Å². The molecule has 0 bridgehead atoms. The van der Waals surface area contributed by atoms with E-state index in [1.54, 1.807) is 6.08 Å². The van der Waals surface area contributed by atoms with Crippen LogP contribution in [0.1, 0.15) is 137 Å². The summed E-state index contributed by atoms with van der Waals surface area (Å²) in [7, 11) is 0. The van der Waals surface area contributed by atoms with Gasteiger partial charge in [0.1, 0.15) is 37.1 Å². The highest BCUT2D eigenvalue weighted by Crippen LogP contribution is 2.48. The SMILES string of the molecule is C=C(COC(=O)C(C)(O)CC1CCC(O)C2(C=C(C)CC(C(C)C=CC3CCC4(CCC5OC(C(O)CC(C)C6OC7(CCCCO7)CCC6C)C(=C)C(O)C5O4)O3)O2)O1)CC(=C)C(CCO)OO. The number of esters is 1. The second-order valence-corrected chi connectivity index (χ2v) is 21.8. The summed E-state index contributed by atoms with van der Waals surface area (Å²) in [5.74, 6) is -3.52. The van der Waals surface area contributed by atoms with Gasteiger partial charge in [-0.3, -0.25) is 5.26 Å². The van der Waals surface area contributed by atoms with Gasteiger partial charge in [0, 0.05) is 51.0 Å². The maximum absolute atomic E-state index is 13.1. The van der Waals surface area contributed by atoms with Crippen molar-refractivity contribution in [1.82, 2.24) is 0 Å². The van der Waals surface area contributed by atoms with Crippen LogP contribution in [0.3, 0.4) is 0 Å². The molecule has 0 aromatic heterocycles. The predicted octanol–water partition coefficient (Wildman–Crippen LogP) is 6.42. The van der Waals surface area contributed by atoms with Crippen LogP contribution in [0.25, 0.3) is 0 Å². The topological polar surface area (TPSA) is 222 Å². The van der Waals surface area contributed by atoms with E-state index in [9.17, 15) is 30.3 Å². The monoisotopic (exact) mass is 975 g/mol. The molecule has 0 aromatic rings. The van der Waals surface area contributed by atoms with Gasteiger partial charge in [0.15, 0.2) is 17.2 Å². The number of carbonyl (C=O) groups excluding carboxylic acids is 1. The molecule has 0 saturated carbocycles. The van der Waals surface area contributed by atoms with Crippen LogP contribution in [0.4, 0.5) is 0 Å². The normalized spacial score (nSPS) is 39.9. The average molecular weight is 975 g/mol. The van der Waals surface area contributed by atoms with Crippen LogP contribution in [0.15, 0.2) is 60.3 Å². The highest BCUT2D eigenvalue weighted by atomic mass is 17.1. The van der Waals surface area contributed by atoms with E-state index in [1.165, 1.54) is 6.92 Å². The molecule has 18 unspecified atom stereocenters. The van der Waals surface area contributed by atoms with Crippen molar-refractivity contribution in [3.05, 3.63) is 60.3 Å². The lowest BCUT2D eigenvalue weighted by Gasteiger charge is -2.50. The van der Waals surface area contributed by atoms with Crippen molar-refractivity contribution in [3.63, 3.8) is 0 Å². The van der Waals surface area contributed by atoms with Crippen LogP contribution in [0.2, 0.25) is 0 Å². The number of hydrogen-bond donors (Lipinski definition) is 6. The summed E-state index contributed by atoms with van der Waals surface area (Å²) >= 11 is 0. The van der Waals surface area contributed by atoms with Gasteiger partial charge in [-0.1, -0.05) is 58.2 Å². The lowest BCUT2D eigenvalue weighted by molar-refractivity contribution is -0.321. The van der Waals surface area contributed by atoms with Gasteiger partial charge in [0.25, 0.3) is 0 Å². The zero-order chi connectivity index (χ0) is 49.9. The molecule has 69 heavy (non-hydrogen) atoms. The van der Waals surface area contributed by atoms with E-state index in [-0.39, 0.29) is 62.6 Å². The molecule has 390 valence electrons. The van der Waals surface area contributed by atoms with Gasteiger partial charge in [-0.25, -0.2) is 9.68 Å². The summed E-state index contributed by atoms with van der Waals surface area (Å²) in [4.78, 5) is 17.5. The Labute approximate surface area is 408 Å². The molecule has 6 N–H and O–H groups in total. The standard InChI is InChI=1S/C53H82O16/c1-31-26-43(66-53(28-31)44(56)14-13-39(65-53)29-50(8,59)49(58)61-30-32(2)25-35(5)41(69-60)18-23-54)33(3)11-12-38-16-21-52(64-38)22-17-42-48(68-52)45(57)37(7)47(63-42)40(55)27-36(6)46-34(4)15-20-51(67-46)19-9-10-24-62-51/h11-12,28,33-34,36,38-48,54-57,59-60H,2,5,7,9-10,13-27,29-30H2,1,3-4,6,8H3. The van der Waals surface area contributed by atoms with Gasteiger partial charge >= 0.3 is 5.97 Å². The predicted molar refractivity (Wildman–Crippen MR) is 253 cm³/mol. The minimum atomic E-state index is -1.93. The summed E-state index contributed by atoms with van der Waals surface area (Å²) in [6.07, 6.45) is 8.41. The molecule has 6 saturated heterocycles. The van der Waals surface area contributed by atoms with E-state index < -0.39 is 77.8 Å². The Morgan fingerprint density at radius 1 is 1.00 bits per heavy atom. The number of aliphatic hydroxyl groups excluding tert-OH is 4. The molecular formula is C53H82O16. The van der Waals surface area contributed by atoms with E-state index >= 15 is 0 Å². The molecule has 16 nitrogen and oxygen atoms in total. The van der Waals surface area contributed by atoms with Crippen LogP contribution in [-0.2, 0) is 47.6 Å². The third-order valence-corrected chi connectivity index (χ3v) is 15.8. The number of ether oxygens (including phenoxy) is 8. The molecule has 6 fully saturated rings. The first-order valence-corrected chi connectivity index (χ1v) is 25.6. The van der Waals surface area contributed by atoms with Crippen molar-refractivity contribution in [2.75, 3.05) is 19.8 Å². The number of rotatable bonds is 18. The van der Waals surface area contributed by atoms with E-state index in [0.29, 0.717) is 74.0 Å². The number of carbonyl (C=O) groups is 1. The lowest BCUT2D eigenvalue weighted by atomic mass is 9.79. The lowest BCUT2D eigenvalue weighted by Crippen LogP contribution is -2.60. The molecule has 3 spiro atoms. The molecule has 0 aliphatic carbocycles. The van der Waals surface area contributed by atoms with Gasteiger partial charge in [-0.2, -0.15) is 0 Å². The van der Waals surface area contributed by atoms with E-state index in [4.69, 9.17) is 43.2 Å². The molecule has 18 atom stereocenters. The van der Waals surface area contributed by atoms with Crippen LogP contribution >= 0.6 is 0 Å². The van der Waals surface area contributed by atoms with Crippen molar-refractivity contribution in [2.24, 2.45) is 17.8 Å². The van der Waals surface area contributed by atoms with Gasteiger partial charge in [-0.05, 0) is 113 Å². The van der Waals surface area contributed by atoms with Crippen LogP contribution in [-0.4, -0.2) is 147 Å². The van der Waals surface area contributed by atoms with Crippen molar-refractivity contribution in [1.29, 1.82) is 0 Å². The Bertz CT molecular complexity index is 1860. The Morgan fingerprint density at radius 2 is 1.75 bits per heavy atom. The molecule has 0 amide bonds. The first-order valence-electron chi connectivity index (χ1n) is 25.6. The molecule has 7 aliphatic heterocycles. The molecule has 0 radical (unpaired) electrons. The van der Waals surface area contributed by atoms with Gasteiger partial charge < -0.3 is 63.4 Å². The van der Waals surface area contributed by atoms with Crippen molar-refractivity contribution >= 4 is 5.97 Å². The zero-order valence-electron chi connectivity index (χ0n) is 41.6. The third-order valence-electron chi connectivity index (χ3n) is 15.8. The molecule has 16 heteroatoms. The highest BCUT2D eigenvalue weighted by Gasteiger charge is 2.55. The molecule has 0 aromatic carbocycles. The van der Waals surface area contributed by atoms with Gasteiger partial charge in [0.05, 0.1) is 43.2 Å². The fourth-order valence-electron chi connectivity index (χ4n) is 11.8. The summed E-state index contributed by atoms with van der Waals surface area (Å²) in [6.45, 7) is 22.0. The second kappa shape index (κ2) is 22.8. The molecular weight excluding hydrogens is 893 g/mol. The minimum Gasteiger partial charge on any atom is -0.459 e. The van der Waals surface area contributed by atoms with Gasteiger partial charge in [0.2, 0.25) is 5.79 Å². The molecule has 7 aliphatic rings. The van der Waals surface area contributed by atoms with E-state index in [0.717, 1.165) is 44.3 Å². The highest BCUT2D eigenvalue weighted by molar-refractivity contribution is 5.78. The van der Waals surface area contributed by atoms with Crippen LogP contribution < -0.4 is 0 Å². The minimum absolute atomic E-state index is 0.0360. The first-order chi connectivity index (χ1) is 32.7. The van der Waals surface area contributed by atoms with Crippen molar-refractivity contribution in [3.8, 4) is 0 Å². The second-order valence-electron chi connectivity index (χ2n) is 21.8. The quantitative estimate of drug-likeness (QED) is 0.0378. The first kappa shape index (κ1) is 54.4. The Morgan fingerprint density at radius 3 is 2.48 bits per heavy atom. The van der Waals surface area contributed by atoms with Gasteiger partial charge in [-0.15, -0.1) is 0 Å². The molecule has 7 rings (SSSR count). The zero-order valence-corrected chi connectivity index (χ0v) is 41.6. The molecule has 7 heterocycles. The Hall–Kier alpha value is -2.39. The smallest absolute Gasteiger partial charge is 0.338 e. The summed E-state index contributed by atoms with van der Waals surface area (Å²) < 4.78 is 51.1. The fraction of sp³-hybridized carbons (Fsp3) is 0.792. The average Bonchev–Trinajstić information content (AvgIpc) is 3.71. The summed E-state index contributed by atoms with van der Waals surface area (Å²) in [5.41, 5.74) is 0.360. The summed E-state index contributed by atoms with van der Waals surface area (Å²) in [5, 5.41) is 64.2. The third kappa shape index (κ3) is 12.7. The Kier molecular flexibility index (Phi) is 18.0. The maximum atomic E-state index is 13.1. The Balaban J connectivity index is 0.887. The maximum Gasteiger partial charge on any atom is 0.338 e. The van der Waals surface area contributed by atoms with Crippen molar-refractivity contribution in [2.45, 2.75) is 227 Å². The van der Waals surface area contributed by atoms with E-state index in [2.05, 4.69) is 44.5 Å². The van der Waals surface area contributed by atoms with Crippen LogP contribution in [0, 0.1) is 17.8 Å². The van der Waals surface area contributed by atoms with Crippen LogP contribution in [0.5, 0.6) is 0 Å². The number of hydrogen-bond acceptors (Lipinski definition) is 16. The van der Waals surface area contributed by atoms with Crippen molar-refractivity contribution < 1.29 is 78.4 Å². The summed E-state index contributed by atoms with van der Waals surface area (Å²) in [6, 6.07) is 0. The fourth-order valence-corrected chi connectivity index (χ4v) is 11.8. The largest absolute Gasteiger partial charge is 0.459 e. The number of aliphatic hydroxyl groups is 5.